The van der Waals surface area contributed by atoms with E-state index < -0.39 is 0 Å². The Morgan fingerprint density at radius 2 is 2.28 bits per heavy atom. The van der Waals surface area contributed by atoms with Crippen molar-refractivity contribution in [3.8, 4) is 0 Å². The van der Waals surface area contributed by atoms with E-state index in [9.17, 15) is 4.79 Å². The molecule has 5 heteroatoms. The van der Waals surface area contributed by atoms with Crippen LogP contribution in [0.15, 0.2) is 0 Å². The maximum absolute atomic E-state index is 12.5. The molecule has 1 unspecified atom stereocenters. The van der Waals surface area contributed by atoms with Crippen LogP contribution in [0.25, 0.3) is 0 Å². The Morgan fingerprint density at radius 1 is 1.39 bits per heavy atom. The van der Waals surface area contributed by atoms with Gasteiger partial charge in [-0.3, -0.25) is 4.79 Å². The molecule has 0 bridgehead atoms. The van der Waals surface area contributed by atoms with Gasteiger partial charge in [0, 0.05) is 31.6 Å². The number of hydrogen-bond acceptors (Lipinski definition) is 4. The van der Waals surface area contributed by atoms with Gasteiger partial charge in [-0.05, 0) is 26.3 Å². The first kappa shape index (κ1) is 12.4. The third-order valence-corrected chi connectivity index (χ3v) is 4.66. The Bertz CT molecular complexity index is 328. The molecule has 5 nitrogen and oxygen atoms in total. The van der Waals surface area contributed by atoms with Gasteiger partial charge in [-0.2, -0.15) is 0 Å². The maximum Gasteiger partial charge on any atom is 0.242 e. The average molecular weight is 253 g/mol. The molecular formula is C13H23N3O2. The van der Waals surface area contributed by atoms with Crippen molar-refractivity contribution < 1.29 is 9.53 Å². The maximum atomic E-state index is 12.5. The molecular weight excluding hydrogens is 230 g/mol. The zero-order valence-corrected chi connectivity index (χ0v) is 11.1. The number of likely N-dealkylation sites (tertiary alicyclic amines) is 1. The summed E-state index contributed by atoms with van der Waals surface area (Å²) >= 11 is 0. The van der Waals surface area contributed by atoms with Crippen molar-refractivity contribution in [2.45, 2.75) is 31.9 Å². The van der Waals surface area contributed by atoms with Crippen LogP contribution < -0.4 is 10.6 Å². The number of rotatable bonds is 1. The second-order valence-electron chi connectivity index (χ2n) is 5.94. The van der Waals surface area contributed by atoms with E-state index in [1.54, 1.807) is 0 Å². The molecule has 3 rings (SSSR count). The number of nitrogens with zero attached hydrogens (tertiary/aromatic N) is 1. The quantitative estimate of drug-likeness (QED) is 0.666. The van der Waals surface area contributed by atoms with Gasteiger partial charge in [0.05, 0.1) is 12.7 Å². The second-order valence-corrected chi connectivity index (χ2v) is 5.94. The minimum atomic E-state index is -0.150. The van der Waals surface area contributed by atoms with E-state index in [1.807, 2.05) is 11.8 Å². The van der Waals surface area contributed by atoms with Crippen LogP contribution in [0.4, 0.5) is 0 Å². The predicted molar refractivity (Wildman–Crippen MR) is 68.3 cm³/mol. The zero-order chi connectivity index (χ0) is 12.6. The summed E-state index contributed by atoms with van der Waals surface area (Å²) in [5.41, 5.74) is 0.356. The molecule has 18 heavy (non-hydrogen) atoms. The van der Waals surface area contributed by atoms with Gasteiger partial charge in [0.15, 0.2) is 0 Å². The third kappa shape index (κ3) is 2.15. The average Bonchev–Trinajstić information content (AvgIpc) is 3.00. The highest BCUT2D eigenvalue weighted by Gasteiger charge is 2.44. The van der Waals surface area contributed by atoms with Gasteiger partial charge in [0.25, 0.3) is 0 Å². The summed E-state index contributed by atoms with van der Waals surface area (Å²) in [6, 6.07) is -0.150. The summed E-state index contributed by atoms with van der Waals surface area (Å²) in [5.74, 6) is 0.228. The molecule has 0 aromatic rings. The van der Waals surface area contributed by atoms with Crippen LogP contribution in [-0.2, 0) is 9.53 Å². The topological polar surface area (TPSA) is 53.6 Å². The van der Waals surface area contributed by atoms with Crippen LogP contribution in [0.5, 0.6) is 0 Å². The first-order chi connectivity index (χ1) is 8.70. The lowest BCUT2D eigenvalue weighted by Gasteiger charge is -2.33. The van der Waals surface area contributed by atoms with E-state index in [-0.39, 0.29) is 18.1 Å². The Kier molecular flexibility index (Phi) is 3.30. The summed E-state index contributed by atoms with van der Waals surface area (Å²) < 4.78 is 5.57. The van der Waals surface area contributed by atoms with Crippen molar-refractivity contribution in [3.05, 3.63) is 0 Å². The highest BCUT2D eigenvalue weighted by Crippen LogP contribution is 2.36. The number of ether oxygens (including phenoxy) is 1. The zero-order valence-electron chi connectivity index (χ0n) is 11.1. The predicted octanol–water partition coefficient (Wildman–Crippen LogP) is -0.425. The normalized spacial score (nSPS) is 40.6. The monoisotopic (exact) mass is 253 g/mol. The number of carbonyl (C=O) groups excluding carboxylic acids is 1. The van der Waals surface area contributed by atoms with Gasteiger partial charge in [0.1, 0.15) is 6.04 Å². The first-order valence-electron chi connectivity index (χ1n) is 7.05. The molecule has 1 amide bonds. The Hall–Kier alpha value is -0.650. The molecule has 3 heterocycles. The molecule has 1 spiro atoms. The molecule has 0 aromatic carbocycles. The van der Waals surface area contributed by atoms with Crippen molar-refractivity contribution in [3.63, 3.8) is 0 Å². The first-order valence-corrected chi connectivity index (χ1v) is 7.05. The van der Waals surface area contributed by atoms with Gasteiger partial charge in [-0.25, -0.2) is 0 Å². The fraction of sp³-hybridized carbons (Fsp3) is 0.923. The highest BCUT2D eigenvalue weighted by molar-refractivity contribution is 5.83. The van der Waals surface area contributed by atoms with Crippen LogP contribution in [0, 0.1) is 5.41 Å². The summed E-state index contributed by atoms with van der Waals surface area (Å²) in [6.07, 6.45) is 2.35. The number of nitrogens with one attached hydrogen (secondary N) is 2. The lowest BCUT2D eigenvalue weighted by molar-refractivity contribution is -0.138. The largest absolute Gasteiger partial charge is 0.375 e. The van der Waals surface area contributed by atoms with Crippen LogP contribution >= 0.6 is 0 Å². The molecule has 0 aliphatic carbocycles. The summed E-state index contributed by atoms with van der Waals surface area (Å²) in [6.45, 7) is 7.47. The standard InChI is InChI=1S/C13H23N3O2/c1-10-11(15-5-7-18-10)12(17)16-6-3-13(9-16)2-4-14-8-13/h10-11,14-15H,2-9H2,1H3/t10-,11+,13?/m1/s1. The van der Waals surface area contributed by atoms with Crippen molar-refractivity contribution >= 4 is 5.91 Å². The Morgan fingerprint density at radius 3 is 3.00 bits per heavy atom. The minimum Gasteiger partial charge on any atom is -0.375 e. The molecule has 3 aliphatic heterocycles. The van der Waals surface area contributed by atoms with E-state index >= 15 is 0 Å². The van der Waals surface area contributed by atoms with Gasteiger partial charge < -0.3 is 20.3 Å². The molecule has 3 aliphatic rings. The van der Waals surface area contributed by atoms with E-state index in [1.165, 1.54) is 6.42 Å². The van der Waals surface area contributed by atoms with Crippen molar-refractivity contribution in [2.75, 3.05) is 39.3 Å². The Balaban J connectivity index is 1.63. The molecule has 0 radical (unpaired) electrons. The van der Waals surface area contributed by atoms with E-state index in [0.29, 0.717) is 12.0 Å². The third-order valence-electron chi connectivity index (χ3n) is 4.66. The highest BCUT2D eigenvalue weighted by atomic mass is 16.5. The molecule has 0 saturated carbocycles. The van der Waals surface area contributed by atoms with E-state index in [2.05, 4.69) is 10.6 Å². The lowest BCUT2D eigenvalue weighted by Crippen LogP contribution is -2.56. The summed E-state index contributed by atoms with van der Waals surface area (Å²) in [5, 5.41) is 6.72. The fourth-order valence-corrected chi connectivity index (χ4v) is 3.47. The van der Waals surface area contributed by atoms with Crippen LogP contribution in [0.1, 0.15) is 19.8 Å². The van der Waals surface area contributed by atoms with Crippen molar-refractivity contribution in [1.29, 1.82) is 0 Å². The van der Waals surface area contributed by atoms with Gasteiger partial charge in [-0.1, -0.05) is 0 Å². The smallest absolute Gasteiger partial charge is 0.242 e. The van der Waals surface area contributed by atoms with Crippen LogP contribution in [0.3, 0.4) is 0 Å². The van der Waals surface area contributed by atoms with Crippen molar-refractivity contribution in [2.24, 2.45) is 5.41 Å². The second kappa shape index (κ2) is 4.79. The number of amides is 1. The summed E-state index contributed by atoms with van der Waals surface area (Å²) in [7, 11) is 0. The molecule has 0 aromatic heterocycles. The SMILES string of the molecule is C[C@H]1OCCN[C@@H]1C(=O)N1CCC2(CCNC2)C1. The lowest BCUT2D eigenvalue weighted by atomic mass is 9.86. The van der Waals surface area contributed by atoms with Crippen LogP contribution in [-0.4, -0.2) is 62.3 Å². The number of hydrogen-bond donors (Lipinski definition) is 2. The van der Waals surface area contributed by atoms with Gasteiger partial charge >= 0.3 is 0 Å². The molecule has 102 valence electrons. The number of carbonyl (C=O) groups is 1. The fourth-order valence-electron chi connectivity index (χ4n) is 3.47. The minimum absolute atomic E-state index is 0.00972. The van der Waals surface area contributed by atoms with Crippen LogP contribution in [0.2, 0.25) is 0 Å². The summed E-state index contributed by atoms with van der Waals surface area (Å²) in [4.78, 5) is 14.6. The molecule has 3 saturated heterocycles. The van der Waals surface area contributed by atoms with Gasteiger partial charge in [-0.15, -0.1) is 0 Å². The van der Waals surface area contributed by atoms with Crippen molar-refractivity contribution in [1.82, 2.24) is 15.5 Å². The molecule has 2 N–H and O–H groups in total. The van der Waals surface area contributed by atoms with Gasteiger partial charge in [0.2, 0.25) is 5.91 Å². The number of morpholine rings is 1. The van der Waals surface area contributed by atoms with E-state index in [0.717, 1.165) is 39.1 Å². The molecule has 3 atom stereocenters. The molecule has 3 fully saturated rings. The Labute approximate surface area is 108 Å². The van der Waals surface area contributed by atoms with E-state index in [4.69, 9.17) is 4.74 Å².